The van der Waals surface area contributed by atoms with Crippen LogP contribution in [-0.2, 0) is 5.41 Å². The van der Waals surface area contributed by atoms with Crippen LogP contribution >= 0.6 is 0 Å². The molecule has 1 aliphatic carbocycles. The maximum atomic E-state index is 13.2. The van der Waals surface area contributed by atoms with Gasteiger partial charge in [0.1, 0.15) is 5.76 Å². The molecule has 0 saturated heterocycles. The zero-order valence-corrected chi connectivity index (χ0v) is 9.43. The Morgan fingerprint density at radius 1 is 1.31 bits per heavy atom. The summed E-state index contributed by atoms with van der Waals surface area (Å²) < 4.78 is 31.6. The Morgan fingerprint density at radius 3 is 2.38 bits per heavy atom. The molecule has 2 nitrogen and oxygen atoms in total. The first kappa shape index (κ1) is 11.6. The summed E-state index contributed by atoms with van der Waals surface area (Å²) in [4.78, 5) is 0. The minimum Gasteiger partial charge on any atom is -0.469 e. The monoisotopic (exact) mass is 229 g/mol. The molecule has 0 amide bonds. The summed E-state index contributed by atoms with van der Waals surface area (Å²) in [6, 6.07) is 1.87. The largest absolute Gasteiger partial charge is 0.469 e. The van der Waals surface area contributed by atoms with E-state index in [1.165, 1.54) is 0 Å². The highest BCUT2D eigenvalue weighted by Gasteiger charge is 2.44. The van der Waals surface area contributed by atoms with Gasteiger partial charge in [-0.25, -0.2) is 8.78 Å². The van der Waals surface area contributed by atoms with E-state index in [2.05, 4.69) is 0 Å². The van der Waals surface area contributed by atoms with Gasteiger partial charge in [-0.3, -0.25) is 0 Å². The molecular weight excluding hydrogens is 212 g/mol. The fourth-order valence-electron chi connectivity index (χ4n) is 2.61. The van der Waals surface area contributed by atoms with Crippen LogP contribution < -0.4 is 5.73 Å². The highest BCUT2D eigenvalue weighted by Crippen LogP contribution is 2.45. The molecule has 2 rings (SSSR count). The molecule has 2 N–H and O–H groups in total. The molecule has 0 aliphatic heterocycles. The lowest BCUT2D eigenvalue weighted by molar-refractivity contribution is -0.0510. The van der Waals surface area contributed by atoms with Crippen molar-refractivity contribution in [3.05, 3.63) is 23.7 Å². The molecule has 0 bridgehead atoms. The van der Waals surface area contributed by atoms with Gasteiger partial charge in [0.25, 0.3) is 0 Å². The number of alkyl halides is 2. The van der Waals surface area contributed by atoms with E-state index in [0.717, 1.165) is 11.3 Å². The maximum Gasteiger partial charge on any atom is 0.248 e. The van der Waals surface area contributed by atoms with Crippen LogP contribution in [-0.4, -0.2) is 12.5 Å². The molecular formula is C12H17F2NO. The average molecular weight is 229 g/mol. The lowest BCUT2D eigenvalue weighted by atomic mass is 9.68. The number of hydrogen-bond donors (Lipinski definition) is 1. The number of aryl methyl sites for hydroxylation is 1. The van der Waals surface area contributed by atoms with E-state index in [-0.39, 0.29) is 18.3 Å². The molecule has 1 heterocycles. The predicted molar refractivity (Wildman–Crippen MR) is 57.6 cm³/mol. The van der Waals surface area contributed by atoms with Crippen LogP contribution in [0.2, 0.25) is 0 Å². The molecule has 1 saturated carbocycles. The van der Waals surface area contributed by atoms with Crippen LogP contribution in [0, 0.1) is 6.92 Å². The molecule has 4 heteroatoms. The molecule has 0 radical (unpaired) electrons. The summed E-state index contributed by atoms with van der Waals surface area (Å²) in [7, 11) is 0. The van der Waals surface area contributed by atoms with Crippen molar-refractivity contribution in [2.75, 3.05) is 6.54 Å². The Labute approximate surface area is 93.8 Å². The Balaban J connectivity index is 2.26. The third kappa shape index (κ3) is 1.86. The highest BCUT2D eigenvalue weighted by molar-refractivity contribution is 5.28. The topological polar surface area (TPSA) is 39.2 Å². The Hall–Kier alpha value is -0.900. The Bertz CT molecular complexity index is 363. The second-order valence-electron chi connectivity index (χ2n) is 4.73. The van der Waals surface area contributed by atoms with Gasteiger partial charge in [0, 0.05) is 30.4 Å². The van der Waals surface area contributed by atoms with Crippen molar-refractivity contribution in [2.45, 2.75) is 43.9 Å². The minimum atomic E-state index is -2.52. The van der Waals surface area contributed by atoms with Crippen molar-refractivity contribution in [1.82, 2.24) is 0 Å². The SMILES string of the molecule is Cc1occc1C1(CN)CCC(F)(F)CC1. The number of nitrogens with two attached hydrogens (primary N) is 1. The second kappa shape index (κ2) is 3.84. The molecule has 1 aromatic heterocycles. The quantitative estimate of drug-likeness (QED) is 0.846. The zero-order valence-electron chi connectivity index (χ0n) is 9.43. The van der Waals surface area contributed by atoms with Gasteiger partial charge in [-0.1, -0.05) is 0 Å². The summed E-state index contributed by atoms with van der Waals surface area (Å²) in [5.41, 5.74) is 6.50. The van der Waals surface area contributed by atoms with E-state index in [0.29, 0.717) is 19.4 Å². The van der Waals surface area contributed by atoms with E-state index in [9.17, 15) is 8.78 Å². The van der Waals surface area contributed by atoms with E-state index >= 15 is 0 Å². The van der Waals surface area contributed by atoms with Crippen molar-refractivity contribution in [3.63, 3.8) is 0 Å². The lowest BCUT2D eigenvalue weighted by Gasteiger charge is -2.39. The first-order valence-corrected chi connectivity index (χ1v) is 5.62. The first-order valence-electron chi connectivity index (χ1n) is 5.62. The van der Waals surface area contributed by atoms with Crippen LogP contribution in [0.5, 0.6) is 0 Å². The van der Waals surface area contributed by atoms with Gasteiger partial charge in [-0.05, 0) is 25.8 Å². The molecule has 1 fully saturated rings. The summed E-state index contributed by atoms with van der Waals surface area (Å²) in [5, 5.41) is 0. The Kier molecular flexibility index (Phi) is 2.78. The van der Waals surface area contributed by atoms with Gasteiger partial charge in [-0.2, -0.15) is 0 Å². The van der Waals surface area contributed by atoms with E-state index < -0.39 is 5.92 Å². The molecule has 0 atom stereocenters. The molecule has 16 heavy (non-hydrogen) atoms. The van der Waals surface area contributed by atoms with Gasteiger partial charge in [0.15, 0.2) is 0 Å². The molecule has 90 valence electrons. The van der Waals surface area contributed by atoms with Gasteiger partial charge >= 0.3 is 0 Å². The highest BCUT2D eigenvalue weighted by atomic mass is 19.3. The third-order valence-electron chi connectivity index (χ3n) is 3.76. The fraction of sp³-hybridized carbons (Fsp3) is 0.667. The standard InChI is InChI=1S/C12H17F2NO/c1-9-10(2-7-16-9)11(8-15)3-5-12(13,14)6-4-11/h2,7H,3-6,8,15H2,1H3. The molecule has 1 aromatic rings. The lowest BCUT2D eigenvalue weighted by Crippen LogP contribution is -2.42. The number of furan rings is 1. The van der Waals surface area contributed by atoms with E-state index in [1.807, 2.05) is 13.0 Å². The number of rotatable bonds is 2. The van der Waals surface area contributed by atoms with Crippen LogP contribution in [0.4, 0.5) is 8.78 Å². The van der Waals surface area contributed by atoms with Crippen molar-refractivity contribution in [2.24, 2.45) is 5.73 Å². The predicted octanol–water partition coefficient (Wildman–Crippen LogP) is 2.99. The molecule has 1 aliphatic rings. The van der Waals surface area contributed by atoms with Crippen molar-refractivity contribution in [3.8, 4) is 0 Å². The van der Waals surface area contributed by atoms with Crippen molar-refractivity contribution in [1.29, 1.82) is 0 Å². The Morgan fingerprint density at radius 2 is 1.94 bits per heavy atom. The van der Waals surface area contributed by atoms with Gasteiger partial charge in [0.2, 0.25) is 5.92 Å². The zero-order chi connectivity index (χ0) is 11.8. The van der Waals surface area contributed by atoms with E-state index in [1.54, 1.807) is 6.26 Å². The summed E-state index contributed by atoms with van der Waals surface area (Å²) in [5.74, 6) is -1.72. The van der Waals surface area contributed by atoms with Crippen LogP contribution in [0.3, 0.4) is 0 Å². The summed E-state index contributed by atoms with van der Waals surface area (Å²) in [6.45, 7) is 2.27. The second-order valence-corrected chi connectivity index (χ2v) is 4.73. The summed E-state index contributed by atoms with van der Waals surface area (Å²) >= 11 is 0. The van der Waals surface area contributed by atoms with E-state index in [4.69, 9.17) is 10.2 Å². The third-order valence-corrected chi connectivity index (χ3v) is 3.76. The van der Waals surface area contributed by atoms with Gasteiger partial charge in [-0.15, -0.1) is 0 Å². The smallest absolute Gasteiger partial charge is 0.248 e. The van der Waals surface area contributed by atoms with Crippen molar-refractivity contribution >= 4 is 0 Å². The van der Waals surface area contributed by atoms with Crippen molar-refractivity contribution < 1.29 is 13.2 Å². The van der Waals surface area contributed by atoms with Crippen LogP contribution in [0.25, 0.3) is 0 Å². The summed E-state index contributed by atoms with van der Waals surface area (Å²) in [6.07, 6.45) is 2.34. The fourth-order valence-corrected chi connectivity index (χ4v) is 2.61. The molecule has 0 aromatic carbocycles. The maximum absolute atomic E-state index is 13.2. The van der Waals surface area contributed by atoms with Gasteiger partial charge in [0.05, 0.1) is 6.26 Å². The van der Waals surface area contributed by atoms with Gasteiger partial charge < -0.3 is 10.2 Å². The average Bonchev–Trinajstić information content (AvgIpc) is 2.66. The van der Waals surface area contributed by atoms with Crippen LogP contribution in [0.15, 0.2) is 16.7 Å². The molecule has 0 spiro atoms. The van der Waals surface area contributed by atoms with Crippen LogP contribution in [0.1, 0.15) is 37.0 Å². The number of hydrogen-bond acceptors (Lipinski definition) is 2. The first-order chi connectivity index (χ1) is 7.49. The molecule has 0 unspecified atom stereocenters. The minimum absolute atomic E-state index is 0.0746. The normalized spacial score (nSPS) is 23.2. The number of halogens is 2.